The first-order chi connectivity index (χ1) is 14.7. The van der Waals surface area contributed by atoms with Crippen LogP contribution in [0.15, 0.2) is 0 Å². The molecule has 0 aromatic rings. The van der Waals surface area contributed by atoms with Gasteiger partial charge in [-0.1, -0.05) is 117 Å². The van der Waals surface area contributed by atoms with E-state index in [0.717, 1.165) is 32.1 Å². The van der Waals surface area contributed by atoms with Crippen molar-refractivity contribution in [3.63, 3.8) is 0 Å². The van der Waals surface area contributed by atoms with Crippen LogP contribution in [-0.2, 0) is 19.1 Å². The molecule has 30 heavy (non-hydrogen) atoms. The smallest absolute Gasteiger partial charge is 0.306 e. The van der Waals surface area contributed by atoms with Crippen molar-refractivity contribution < 1.29 is 19.1 Å². The van der Waals surface area contributed by atoms with Crippen LogP contribution in [0, 0.1) is 0 Å². The molecule has 0 N–H and O–H groups in total. The molecular weight excluding hydrogens is 376 g/mol. The second-order valence-corrected chi connectivity index (χ2v) is 8.60. The third-order valence-electron chi connectivity index (χ3n) is 5.56. The van der Waals surface area contributed by atoms with Gasteiger partial charge in [0.05, 0.1) is 26.1 Å². The molecule has 0 spiro atoms. The third-order valence-corrected chi connectivity index (χ3v) is 5.56. The van der Waals surface area contributed by atoms with Crippen LogP contribution in [0.1, 0.15) is 142 Å². The SMILES string of the molecule is CCCCCCCCCCCCCCCCCOC(=O)CCC(=O)OCCCCC. The molecule has 0 aromatic carbocycles. The minimum absolute atomic E-state index is 0.129. The lowest BCUT2D eigenvalue weighted by atomic mass is 10.0. The Morgan fingerprint density at radius 2 is 0.700 bits per heavy atom. The molecule has 4 nitrogen and oxygen atoms in total. The van der Waals surface area contributed by atoms with Crippen molar-refractivity contribution in [3.8, 4) is 0 Å². The van der Waals surface area contributed by atoms with Gasteiger partial charge in [0.1, 0.15) is 0 Å². The summed E-state index contributed by atoms with van der Waals surface area (Å²) in [7, 11) is 0. The Hall–Kier alpha value is -1.06. The summed E-state index contributed by atoms with van der Waals surface area (Å²) in [5.74, 6) is -0.583. The second-order valence-electron chi connectivity index (χ2n) is 8.60. The summed E-state index contributed by atoms with van der Waals surface area (Å²) < 4.78 is 10.3. The summed E-state index contributed by atoms with van der Waals surface area (Å²) >= 11 is 0. The van der Waals surface area contributed by atoms with E-state index >= 15 is 0 Å². The van der Waals surface area contributed by atoms with Gasteiger partial charge < -0.3 is 9.47 Å². The molecule has 0 aromatic heterocycles. The van der Waals surface area contributed by atoms with Gasteiger partial charge in [-0.05, 0) is 12.8 Å². The van der Waals surface area contributed by atoms with Gasteiger partial charge in [0.2, 0.25) is 0 Å². The van der Waals surface area contributed by atoms with E-state index < -0.39 is 0 Å². The van der Waals surface area contributed by atoms with Crippen molar-refractivity contribution in [3.05, 3.63) is 0 Å². The van der Waals surface area contributed by atoms with E-state index in [1.807, 2.05) is 0 Å². The van der Waals surface area contributed by atoms with Crippen molar-refractivity contribution in [2.75, 3.05) is 13.2 Å². The molecule has 0 aliphatic heterocycles. The molecule has 0 saturated heterocycles. The van der Waals surface area contributed by atoms with Gasteiger partial charge in [0, 0.05) is 0 Å². The Morgan fingerprint density at radius 3 is 1.07 bits per heavy atom. The van der Waals surface area contributed by atoms with Crippen molar-refractivity contribution in [2.45, 2.75) is 142 Å². The van der Waals surface area contributed by atoms with E-state index in [9.17, 15) is 9.59 Å². The van der Waals surface area contributed by atoms with Crippen LogP contribution in [0.4, 0.5) is 0 Å². The molecule has 0 rings (SSSR count). The van der Waals surface area contributed by atoms with E-state index in [0.29, 0.717) is 13.2 Å². The molecule has 0 heterocycles. The largest absolute Gasteiger partial charge is 0.466 e. The molecule has 0 fully saturated rings. The van der Waals surface area contributed by atoms with Crippen LogP contribution in [0.5, 0.6) is 0 Å². The van der Waals surface area contributed by atoms with Gasteiger partial charge >= 0.3 is 11.9 Å². The predicted octanol–water partition coefficient (Wildman–Crippen LogP) is 7.91. The first-order valence-corrected chi connectivity index (χ1v) is 13.0. The summed E-state index contributed by atoms with van der Waals surface area (Å²) in [5.41, 5.74) is 0. The molecule has 0 atom stereocenters. The first kappa shape index (κ1) is 28.9. The highest BCUT2D eigenvalue weighted by Crippen LogP contribution is 2.13. The van der Waals surface area contributed by atoms with E-state index in [2.05, 4.69) is 13.8 Å². The van der Waals surface area contributed by atoms with E-state index in [-0.39, 0.29) is 24.8 Å². The maximum atomic E-state index is 11.6. The van der Waals surface area contributed by atoms with Crippen molar-refractivity contribution >= 4 is 11.9 Å². The summed E-state index contributed by atoms with van der Waals surface area (Å²) in [6.45, 7) is 5.31. The van der Waals surface area contributed by atoms with Crippen molar-refractivity contribution in [1.82, 2.24) is 0 Å². The fourth-order valence-electron chi connectivity index (χ4n) is 3.55. The fourth-order valence-corrected chi connectivity index (χ4v) is 3.55. The van der Waals surface area contributed by atoms with Gasteiger partial charge in [-0.25, -0.2) is 0 Å². The van der Waals surface area contributed by atoms with Gasteiger partial charge in [-0.3, -0.25) is 9.59 Å². The molecule has 0 aliphatic carbocycles. The molecular formula is C26H50O4. The van der Waals surface area contributed by atoms with Crippen LogP contribution in [-0.4, -0.2) is 25.2 Å². The second kappa shape index (κ2) is 24.2. The molecule has 0 aliphatic rings. The molecule has 0 bridgehead atoms. The number of ether oxygens (including phenoxy) is 2. The highest BCUT2D eigenvalue weighted by Gasteiger charge is 2.08. The summed E-state index contributed by atoms with van der Waals surface area (Å²) in [6, 6.07) is 0. The minimum atomic E-state index is -0.296. The molecule has 178 valence electrons. The maximum absolute atomic E-state index is 11.6. The number of hydrogen-bond donors (Lipinski definition) is 0. The van der Waals surface area contributed by atoms with Crippen LogP contribution >= 0.6 is 0 Å². The zero-order chi connectivity index (χ0) is 22.1. The van der Waals surface area contributed by atoms with Gasteiger partial charge in [-0.15, -0.1) is 0 Å². The monoisotopic (exact) mass is 426 g/mol. The number of hydrogen-bond acceptors (Lipinski definition) is 4. The van der Waals surface area contributed by atoms with E-state index in [1.54, 1.807) is 0 Å². The lowest BCUT2D eigenvalue weighted by Gasteiger charge is -2.06. The fraction of sp³-hybridized carbons (Fsp3) is 0.923. The van der Waals surface area contributed by atoms with Gasteiger partial charge in [0.15, 0.2) is 0 Å². The molecule has 0 radical (unpaired) electrons. The quantitative estimate of drug-likeness (QED) is 0.123. The number of carbonyl (C=O) groups excluding carboxylic acids is 2. The Labute approximate surface area is 186 Å². The van der Waals surface area contributed by atoms with Crippen LogP contribution in [0.2, 0.25) is 0 Å². The standard InChI is InChI=1S/C26H50O4/c1-3-5-7-8-9-10-11-12-13-14-15-16-17-18-20-24-30-26(28)22-21-25(27)29-23-19-6-4-2/h3-24H2,1-2H3. The zero-order valence-corrected chi connectivity index (χ0v) is 20.2. The van der Waals surface area contributed by atoms with E-state index in [4.69, 9.17) is 9.47 Å². The molecule has 0 unspecified atom stereocenters. The summed E-state index contributed by atoms with van der Waals surface area (Å²) in [4.78, 5) is 23.1. The maximum Gasteiger partial charge on any atom is 0.306 e. The average Bonchev–Trinajstić information content (AvgIpc) is 2.75. The Balaban J connectivity index is 3.22. The normalized spacial score (nSPS) is 10.9. The number of rotatable bonds is 23. The molecule has 0 amide bonds. The molecule has 4 heteroatoms. The van der Waals surface area contributed by atoms with Crippen molar-refractivity contribution in [1.29, 1.82) is 0 Å². The third kappa shape index (κ3) is 23.2. The van der Waals surface area contributed by atoms with Crippen LogP contribution < -0.4 is 0 Å². The molecule has 0 saturated carbocycles. The minimum Gasteiger partial charge on any atom is -0.466 e. The van der Waals surface area contributed by atoms with Crippen LogP contribution in [0.3, 0.4) is 0 Å². The van der Waals surface area contributed by atoms with Gasteiger partial charge in [0.25, 0.3) is 0 Å². The number of carbonyl (C=O) groups is 2. The first-order valence-electron chi connectivity index (χ1n) is 13.0. The number of esters is 2. The Morgan fingerprint density at radius 1 is 0.433 bits per heavy atom. The lowest BCUT2D eigenvalue weighted by Crippen LogP contribution is -2.11. The summed E-state index contributed by atoms with van der Waals surface area (Å²) in [6.07, 6.45) is 23.2. The van der Waals surface area contributed by atoms with Gasteiger partial charge in [-0.2, -0.15) is 0 Å². The summed E-state index contributed by atoms with van der Waals surface area (Å²) in [5, 5.41) is 0. The topological polar surface area (TPSA) is 52.6 Å². The lowest BCUT2D eigenvalue weighted by molar-refractivity contribution is -0.150. The number of unbranched alkanes of at least 4 members (excludes halogenated alkanes) is 16. The van der Waals surface area contributed by atoms with Crippen LogP contribution in [0.25, 0.3) is 0 Å². The van der Waals surface area contributed by atoms with E-state index in [1.165, 1.54) is 83.5 Å². The Kier molecular flexibility index (Phi) is 23.4. The highest BCUT2D eigenvalue weighted by molar-refractivity contribution is 5.77. The predicted molar refractivity (Wildman–Crippen MR) is 126 cm³/mol. The average molecular weight is 427 g/mol. The highest BCUT2D eigenvalue weighted by atomic mass is 16.5. The van der Waals surface area contributed by atoms with Crippen molar-refractivity contribution in [2.24, 2.45) is 0 Å². The Bertz CT molecular complexity index is 381. The zero-order valence-electron chi connectivity index (χ0n) is 20.2.